The van der Waals surface area contributed by atoms with E-state index in [9.17, 15) is 5.11 Å². The van der Waals surface area contributed by atoms with Crippen molar-refractivity contribution in [3.63, 3.8) is 0 Å². The topological polar surface area (TPSA) is 20.2 Å². The Morgan fingerprint density at radius 3 is 2.62 bits per heavy atom. The summed E-state index contributed by atoms with van der Waals surface area (Å²) in [5.74, 6) is 5.64. The van der Waals surface area contributed by atoms with Gasteiger partial charge in [-0.1, -0.05) is 5.92 Å². The number of hydrogen-bond donors (Lipinski definition) is 1. The lowest BCUT2D eigenvalue weighted by molar-refractivity contribution is 0.107. The van der Waals surface area contributed by atoms with E-state index in [1.807, 2.05) is 0 Å². The van der Waals surface area contributed by atoms with Gasteiger partial charge in [-0.25, -0.2) is 0 Å². The smallest absolute Gasteiger partial charge is 0.122 e. The Kier molecular flexibility index (Phi) is 1.27. The summed E-state index contributed by atoms with van der Waals surface area (Å²) in [6, 6.07) is 0. The average Bonchev–Trinajstić information content (AvgIpc) is 1.65. The summed E-state index contributed by atoms with van der Waals surface area (Å²) in [5.41, 5.74) is -0.682. The molecule has 8 heavy (non-hydrogen) atoms. The zero-order valence-corrected chi connectivity index (χ0v) is 5.07. The molecule has 0 amide bonds. The molecule has 1 aliphatic carbocycles. The maximum absolute atomic E-state index is 9.20. The highest BCUT2D eigenvalue weighted by atomic mass is 16.3. The van der Waals surface area contributed by atoms with E-state index in [1.54, 1.807) is 6.92 Å². The van der Waals surface area contributed by atoms with Gasteiger partial charge in [0, 0.05) is 6.42 Å². The maximum Gasteiger partial charge on any atom is 0.122 e. The molecule has 0 radical (unpaired) electrons. The second kappa shape index (κ2) is 1.80. The minimum atomic E-state index is -0.682. The lowest BCUT2D eigenvalue weighted by atomic mass is 9.96. The van der Waals surface area contributed by atoms with E-state index in [0.29, 0.717) is 0 Å². The molecule has 0 heterocycles. The molecular weight excluding hydrogens is 100 g/mol. The molecule has 1 aliphatic rings. The van der Waals surface area contributed by atoms with Crippen molar-refractivity contribution < 1.29 is 5.11 Å². The van der Waals surface area contributed by atoms with Crippen molar-refractivity contribution in [2.45, 2.75) is 31.8 Å². The van der Waals surface area contributed by atoms with Crippen LogP contribution in [-0.2, 0) is 0 Å². The third-order valence-electron chi connectivity index (χ3n) is 1.32. The molecule has 1 heteroatoms. The SMILES string of the molecule is CC1(O)C#CCCC1. The third-order valence-corrected chi connectivity index (χ3v) is 1.32. The fraction of sp³-hybridized carbons (Fsp3) is 0.714. The van der Waals surface area contributed by atoms with Crippen molar-refractivity contribution in [2.75, 3.05) is 0 Å². The molecule has 0 saturated heterocycles. The highest BCUT2D eigenvalue weighted by Gasteiger charge is 2.17. The standard InChI is InChI=1S/C7H10O/c1-7(8)5-3-2-4-6-7/h8H,2-3,5H2,1H3. The molecule has 1 nitrogen and oxygen atoms in total. The Morgan fingerprint density at radius 2 is 2.38 bits per heavy atom. The molecule has 0 bridgehead atoms. The van der Waals surface area contributed by atoms with Crippen LogP contribution in [0, 0.1) is 11.8 Å². The first kappa shape index (κ1) is 5.65. The van der Waals surface area contributed by atoms with Crippen LogP contribution in [0.15, 0.2) is 0 Å². The molecule has 0 spiro atoms. The number of hydrogen-bond acceptors (Lipinski definition) is 1. The predicted octanol–water partition coefficient (Wildman–Crippen LogP) is 0.925. The Morgan fingerprint density at radius 1 is 1.62 bits per heavy atom. The first-order chi connectivity index (χ1) is 3.71. The molecule has 0 aromatic carbocycles. The monoisotopic (exact) mass is 110 g/mol. The van der Waals surface area contributed by atoms with Gasteiger partial charge in [0.05, 0.1) is 0 Å². The van der Waals surface area contributed by atoms with Gasteiger partial charge in [0.1, 0.15) is 5.60 Å². The van der Waals surface area contributed by atoms with Crippen LogP contribution in [0.25, 0.3) is 0 Å². The molecule has 1 atom stereocenters. The fourth-order valence-corrected chi connectivity index (χ4v) is 0.836. The Bertz CT molecular complexity index is 136. The molecule has 0 aromatic heterocycles. The second-order valence-corrected chi connectivity index (χ2v) is 2.43. The highest BCUT2D eigenvalue weighted by molar-refractivity contribution is 5.14. The Balaban J connectivity index is 2.65. The number of rotatable bonds is 0. The highest BCUT2D eigenvalue weighted by Crippen LogP contribution is 2.15. The molecule has 1 unspecified atom stereocenters. The van der Waals surface area contributed by atoms with Gasteiger partial charge >= 0.3 is 0 Å². The van der Waals surface area contributed by atoms with E-state index in [0.717, 1.165) is 19.3 Å². The van der Waals surface area contributed by atoms with Crippen molar-refractivity contribution in [1.29, 1.82) is 0 Å². The van der Waals surface area contributed by atoms with Gasteiger partial charge in [0.2, 0.25) is 0 Å². The largest absolute Gasteiger partial charge is 0.378 e. The van der Waals surface area contributed by atoms with Crippen molar-refractivity contribution in [2.24, 2.45) is 0 Å². The summed E-state index contributed by atoms with van der Waals surface area (Å²) < 4.78 is 0. The minimum Gasteiger partial charge on any atom is -0.378 e. The molecule has 0 aromatic rings. The van der Waals surface area contributed by atoms with Crippen LogP contribution in [0.4, 0.5) is 0 Å². The molecule has 0 fully saturated rings. The summed E-state index contributed by atoms with van der Waals surface area (Å²) in [7, 11) is 0. The van der Waals surface area contributed by atoms with Gasteiger partial charge in [-0.3, -0.25) is 0 Å². The van der Waals surface area contributed by atoms with Crippen LogP contribution in [0.2, 0.25) is 0 Å². The summed E-state index contributed by atoms with van der Waals surface area (Å²) in [6.07, 6.45) is 2.83. The summed E-state index contributed by atoms with van der Waals surface area (Å²) in [6.45, 7) is 1.76. The molecule has 1 rings (SSSR count). The van der Waals surface area contributed by atoms with Crippen LogP contribution in [0.5, 0.6) is 0 Å². The summed E-state index contributed by atoms with van der Waals surface area (Å²) in [4.78, 5) is 0. The van der Waals surface area contributed by atoms with Gasteiger partial charge < -0.3 is 5.11 Å². The summed E-state index contributed by atoms with van der Waals surface area (Å²) in [5, 5.41) is 9.20. The van der Waals surface area contributed by atoms with E-state index in [4.69, 9.17) is 0 Å². The Hall–Kier alpha value is -0.480. The molecular formula is C7H10O. The average molecular weight is 110 g/mol. The van der Waals surface area contributed by atoms with E-state index < -0.39 is 5.60 Å². The van der Waals surface area contributed by atoms with Gasteiger partial charge in [0.15, 0.2) is 0 Å². The van der Waals surface area contributed by atoms with Crippen LogP contribution < -0.4 is 0 Å². The van der Waals surface area contributed by atoms with Crippen molar-refractivity contribution in [1.82, 2.24) is 0 Å². The molecule has 0 saturated carbocycles. The second-order valence-electron chi connectivity index (χ2n) is 2.43. The summed E-state index contributed by atoms with van der Waals surface area (Å²) >= 11 is 0. The quantitative estimate of drug-likeness (QED) is 0.460. The fourth-order valence-electron chi connectivity index (χ4n) is 0.836. The first-order valence-corrected chi connectivity index (χ1v) is 2.93. The molecule has 0 aliphatic heterocycles. The van der Waals surface area contributed by atoms with E-state index in [1.165, 1.54) is 0 Å². The predicted molar refractivity (Wildman–Crippen MR) is 32.3 cm³/mol. The maximum atomic E-state index is 9.20. The molecule has 1 N–H and O–H groups in total. The van der Waals surface area contributed by atoms with Crippen molar-refractivity contribution >= 4 is 0 Å². The molecule has 44 valence electrons. The van der Waals surface area contributed by atoms with Crippen LogP contribution >= 0.6 is 0 Å². The zero-order valence-electron chi connectivity index (χ0n) is 5.07. The van der Waals surface area contributed by atoms with Gasteiger partial charge in [-0.05, 0) is 19.8 Å². The van der Waals surface area contributed by atoms with Crippen LogP contribution in [0.1, 0.15) is 26.2 Å². The lowest BCUT2D eigenvalue weighted by Crippen LogP contribution is -2.22. The van der Waals surface area contributed by atoms with Crippen molar-refractivity contribution in [3.05, 3.63) is 0 Å². The third kappa shape index (κ3) is 1.24. The normalized spacial score (nSPS) is 35.8. The lowest BCUT2D eigenvalue weighted by Gasteiger charge is -2.17. The van der Waals surface area contributed by atoms with Crippen molar-refractivity contribution in [3.8, 4) is 11.8 Å². The van der Waals surface area contributed by atoms with E-state index in [-0.39, 0.29) is 0 Å². The van der Waals surface area contributed by atoms with Crippen LogP contribution in [-0.4, -0.2) is 10.7 Å². The first-order valence-electron chi connectivity index (χ1n) is 2.93. The van der Waals surface area contributed by atoms with E-state index >= 15 is 0 Å². The van der Waals surface area contributed by atoms with E-state index in [2.05, 4.69) is 11.8 Å². The minimum absolute atomic E-state index is 0.682. The van der Waals surface area contributed by atoms with Gasteiger partial charge in [0.25, 0.3) is 0 Å². The number of aliphatic hydroxyl groups is 1. The van der Waals surface area contributed by atoms with Gasteiger partial charge in [-0.15, -0.1) is 5.92 Å². The zero-order chi connectivity index (χ0) is 6.04. The van der Waals surface area contributed by atoms with Gasteiger partial charge in [-0.2, -0.15) is 0 Å². The Labute approximate surface area is 49.7 Å². The van der Waals surface area contributed by atoms with Crippen LogP contribution in [0.3, 0.4) is 0 Å².